The molecule has 2 amide bonds. The highest BCUT2D eigenvalue weighted by Gasteiger charge is 2.32. The molecule has 23 heavy (non-hydrogen) atoms. The van der Waals surface area contributed by atoms with Crippen LogP contribution in [0.4, 0.5) is 9.59 Å². The van der Waals surface area contributed by atoms with Crippen LogP contribution in [0.15, 0.2) is 0 Å². The fraction of sp³-hybridized carbons (Fsp3) is 0.867. The van der Waals surface area contributed by atoms with Gasteiger partial charge in [-0.25, -0.2) is 9.59 Å². The van der Waals surface area contributed by atoms with Crippen LogP contribution in [0.5, 0.6) is 0 Å². The predicted octanol–water partition coefficient (Wildman–Crippen LogP) is 1.46. The van der Waals surface area contributed by atoms with Crippen LogP contribution in [0.25, 0.3) is 0 Å². The van der Waals surface area contributed by atoms with Gasteiger partial charge in [0.1, 0.15) is 13.2 Å². The Morgan fingerprint density at radius 1 is 0.826 bits per heavy atom. The zero-order valence-corrected chi connectivity index (χ0v) is 14.7. The highest BCUT2D eigenvalue weighted by molar-refractivity contribution is 5.67. The molecule has 0 saturated carbocycles. The van der Waals surface area contributed by atoms with E-state index >= 15 is 0 Å². The summed E-state index contributed by atoms with van der Waals surface area (Å²) in [6, 6.07) is 0. The zero-order valence-electron chi connectivity index (χ0n) is 14.7. The Labute approximate surface area is 138 Å². The van der Waals surface area contributed by atoms with Gasteiger partial charge in [-0.15, -0.1) is 0 Å². The minimum atomic E-state index is -0.578. The normalized spacial score (nSPS) is 11.0. The molecule has 0 radical (unpaired) electrons. The Morgan fingerprint density at radius 3 is 1.74 bits per heavy atom. The van der Waals surface area contributed by atoms with Crippen LogP contribution in [0.1, 0.15) is 34.1 Å². The number of carbonyl (C=O) groups excluding carboxylic acids is 2. The largest absolute Gasteiger partial charge is 0.449 e. The second kappa shape index (κ2) is 13.0. The van der Waals surface area contributed by atoms with Crippen LogP contribution in [-0.4, -0.2) is 58.4 Å². The van der Waals surface area contributed by atoms with Crippen molar-refractivity contribution < 1.29 is 23.8 Å². The number of rotatable bonds is 12. The summed E-state index contributed by atoms with van der Waals surface area (Å²) in [7, 11) is 0. The molecule has 0 spiro atoms. The highest BCUT2D eigenvalue weighted by Crippen LogP contribution is 2.24. The fourth-order valence-electron chi connectivity index (χ4n) is 1.70. The monoisotopic (exact) mass is 333 g/mol. The molecule has 0 rings (SSSR count). The van der Waals surface area contributed by atoms with E-state index in [-0.39, 0.29) is 13.2 Å². The van der Waals surface area contributed by atoms with E-state index in [1.807, 2.05) is 27.7 Å². The van der Waals surface area contributed by atoms with Crippen molar-refractivity contribution in [2.45, 2.75) is 34.1 Å². The molecule has 0 aliphatic rings. The Morgan fingerprint density at radius 2 is 1.35 bits per heavy atom. The van der Waals surface area contributed by atoms with E-state index in [0.717, 1.165) is 6.54 Å². The number of amides is 2. The van der Waals surface area contributed by atoms with Crippen molar-refractivity contribution in [1.82, 2.24) is 16.0 Å². The van der Waals surface area contributed by atoms with Crippen molar-refractivity contribution in [3.8, 4) is 0 Å². The van der Waals surface area contributed by atoms with Gasteiger partial charge in [-0.05, 0) is 26.8 Å². The number of nitrogens with one attached hydrogen (secondary N) is 3. The molecule has 0 unspecified atom stereocenters. The molecule has 0 aliphatic carbocycles. The van der Waals surface area contributed by atoms with Gasteiger partial charge in [-0.2, -0.15) is 0 Å². The van der Waals surface area contributed by atoms with Crippen molar-refractivity contribution in [3.63, 3.8) is 0 Å². The smallest absolute Gasteiger partial charge is 0.407 e. The molecule has 8 heteroatoms. The van der Waals surface area contributed by atoms with E-state index in [0.29, 0.717) is 32.8 Å². The molecule has 3 N–H and O–H groups in total. The minimum absolute atomic E-state index is 0.112. The summed E-state index contributed by atoms with van der Waals surface area (Å²) >= 11 is 0. The van der Waals surface area contributed by atoms with Gasteiger partial charge in [-0.1, -0.05) is 13.8 Å². The lowest BCUT2D eigenvalue weighted by Gasteiger charge is -2.31. The lowest BCUT2D eigenvalue weighted by molar-refractivity contribution is -0.0416. The summed E-state index contributed by atoms with van der Waals surface area (Å²) in [4.78, 5) is 23.0. The van der Waals surface area contributed by atoms with Gasteiger partial charge < -0.3 is 24.8 Å². The van der Waals surface area contributed by atoms with E-state index in [2.05, 4.69) is 16.0 Å². The van der Waals surface area contributed by atoms with Crippen LogP contribution in [0, 0.1) is 5.41 Å². The molecule has 0 heterocycles. The maximum absolute atomic E-state index is 11.5. The minimum Gasteiger partial charge on any atom is -0.449 e. The summed E-state index contributed by atoms with van der Waals surface area (Å²) in [5, 5.41) is 8.19. The zero-order chi connectivity index (χ0) is 17.6. The lowest BCUT2D eigenvalue weighted by atomic mass is 9.88. The van der Waals surface area contributed by atoms with Crippen LogP contribution in [0.2, 0.25) is 0 Å². The molecule has 0 bridgehead atoms. The van der Waals surface area contributed by atoms with Crippen LogP contribution in [-0.2, 0) is 14.2 Å². The Bertz CT molecular complexity index is 317. The summed E-state index contributed by atoms with van der Waals surface area (Å²) in [6.07, 6.45) is -0.345. The second-order valence-electron chi connectivity index (χ2n) is 5.16. The molecule has 0 aromatic rings. The molecule has 0 aromatic heterocycles. The third-order valence-corrected chi connectivity index (χ3v) is 3.27. The van der Waals surface area contributed by atoms with Crippen LogP contribution >= 0.6 is 0 Å². The first-order valence-corrected chi connectivity index (χ1v) is 8.13. The van der Waals surface area contributed by atoms with Gasteiger partial charge in [-0.3, -0.25) is 5.32 Å². The summed E-state index contributed by atoms with van der Waals surface area (Å²) in [6.45, 7) is 10.2. The standard InChI is InChI=1S/C15H31N3O5/c1-5-15(9-21-12-16-6-2,10-22-13(19)17-7-3)11-23-14(20)18-8-4/h16H,5-12H2,1-4H3,(H,17,19)(H,18,20). The molecular weight excluding hydrogens is 302 g/mol. The van der Waals surface area contributed by atoms with Crippen LogP contribution < -0.4 is 16.0 Å². The SMILES string of the molecule is CCNCOCC(CC)(COC(=O)NCC)COC(=O)NCC. The number of ether oxygens (including phenoxy) is 3. The first-order valence-electron chi connectivity index (χ1n) is 8.13. The molecule has 0 fully saturated rings. The van der Waals surface area contributed by atoms with Gasteiger partial charge in [0.05, 0.1) is 18.8 Å². The van der Waals surface area contributed by atoms with E-state index in [9.17, 15) is 9.59 Å². The summed E-state index contributed by atoms with van der Waals surface area (Å²) < 4.78 is 16.0. The number of alkyl carbamates (subject to hydrolysis) is 2. The third-order valence-electron chi connectivity index (χ3n) is 3.27. The maximum atomic E-state index is 11.5. The third kappa shape index (κ3) is 9.96. The van der Waals surface area contributed by atoms with Gasteiger partial charge in [0.2, 0.25) is 0 Å². The highest BCUT2D eigenvalue weighted by atomic mass is 16.6. The molecule has 0 saturated heterocycles. The van der Waals surface area contributed by atoms with Gasteiger partial charge in [0, 0.05) is 13.1 Å². The fourth-order valence-corrected chi connectivity index (χ4v) is 1.70. The van der Waals surface area contributed by atoms with Gasteiger partial charge in [0.25, 0.3) is 0 Å². The van der Waals surface area contributed by atoms with E-state index in [4.69, 9.17) is 14.2 Å². The van der Waals surface area contributed by atoms with Gasteiger partial charge >= 0.3 is 12.2 Å². The first kappa shape index (κ1) is 21.5. The van der Waals surface area contributed by atoms with Crippen molar-refractivity contribution in [3.05, 3.63) is 0 Å². The quantitative estimate of drug-likeness (QED) is 0.369. The molecule has 0 aromatic carbocycles. The average molecular weight is 333 g/mol. The van der Waals surface area contributed by atoms with E-state index in [1.165, 1.54) is 0 Å². The first-order chi connectivity index (χ1) is 11.0. The molecule has 136 valence electrons. The second-order valence-corrected chi connectivity index (χ2v) is 5.16. The summed E-state index contributed by atoms with van der Waals surface area (Å²) in [5.41, 5.74) is -0.578. The number of hydrogen-bond donors (Lipinski definition) is 3. The Hall–Kier alpha value is -1.54. The van der Waals surface area contributed by atoms with Crippen molar-refractivity contribution in [1.29, 1.82) is 0 Å². The van der Waals surface area contributed by atoms with E-state index in [1.54, 1.807) is 0 Å². The van der Waals surface area contributed by atoms with Crippen molar-refractivity contribution in [2.24, 2.45) is 5.41 Å². The van der Waals surface area contributed by atoms with Gasteiger partial charge in [0.15, 0.2) is 0 Å². The predicted molar refractivity (Wildman–Crippen MR) is 87.3 cm³/mol. The Kier molecular flexibility index (Phi) is 12.1. The molecule has 8 nitrogen and oxygen atoms in total. The van der Waals surface area contributed by atoms with Crippen molar-refractivity contribution >= 4 is 12.2 Å². The molecular formula is C15H31N3O5. The molecule has 0 atom stereocenters. The average Bonchev–Trinajstić information content (AvgIpc) is 2.54. The Balaban J connectivity index is 4.62. The van der Waals surface area contributed by atoms with Crippen molar-refractivity contribution in [2.75, 3.05) is 46.2 Å². The number of hydrogen-bond acceptors (Lipinski definition) is 6. The topological polar surface area (TPSA) is 97.9 Å². The molecule has 0 aliphatic heterocycles. The maximum Gasteiger partial charge on any atom is 0.407 e. The van der Waals surface area contributed by atoms with Crippen LogP contribution in [0.3, 0.4) is 0 Å². The lowest BCUT2D eigenvalue weighted by Crippen LogP contribution is -2.41. The number of carbonyl (C=O) groups is 2. The van der Waals surface area contributed by atoms with E-state index < -0.39 is 17.6 Å². The summed E-state index contributed by atoms with van der Waals surface area (Å²) in [5.74, 6) is 0.